The average Bonchev–Trinajstić information content (AvgIpc) is 3.05. The molecule has 5 heteroatoms. The summed E-state index contributed by atoms with van der Waals surface area (Å²) in [4.78, 5) is 16.6. The highest BCUT2D eigenvalue weighted by molar-refractivity contribution is 7.20. The summed E-state index contributed by atoms with van der Waals surface area (Å²) in [5.41, 5.74) is 1.59. The Labute approximate surface area is 121 Å². The van der Waals surface area contributed by atoms with Crippen LogP contribution in [0, 0.1) is 0 Å². The zero-order valence-corrected chi connectivity index (χ0v) is 12.1. The lowest BCUT2D eigenvalue weighted by atomic mass is 10.2. The Hall–Kier alpha value is -2.14. The molecule has 0 bridgehead atoms. The molecule has 3 rings (SSSR count). The van der Waals surface area contributed by atoms with Crippen LogP contribution in [0.3, 0.4) is 0 Å². The molecule has 2 heterocycles. The van der Waals surface area contributed by atoms with Crippen LogP contribution in [0.5, 0.6) is 0 Å². The topological polar surface area (TPSA) is 46.9 Å². The van der Waals surface area contributed by atoms with Crippen molar-refractivity contribution in [1.29, 1.82) is 0 Å². The number of nitrogens with one attached hydrogen (secondary N) is 1. The standard InChI is InChI=1S/C15H15N3OS/c1-10(2)16-14(19)11-5-6-12-13(9-11)20-15(17-12)18-7-3-4-8-18/h3-10H,1-2H3,(H,16,19). The Morgan fingerprint density at radius 1 is 1.30 bits per heavy atom. The second-order valence-electron chi connectivity index (χ2n) is 4.90. The highest BCUT2D eigenvalue weighted by atomic mass is 32.1. The molecule has 1 N–H and O–H groups in total. The van der Waals surface area contributed by atoms with E-state index < -0.39 is 0 Å². The van der Waals surface area contributed by atoms with Crippen LogP contribution in [0.25, 0.3) is 15.3 Å². The highest BCUT2D eigenvalue weighted by Crippen LogP contribution is 2.26. The van der Waals surface area contributed by atoms with Gasteiger partial charge in [0, 0.05) is 24.0 Å². The van der Waals surface area contributed by atoms with Gasteiger partial charge in [-0.15, -0.1) is 0 Å². The first kappa shape index (κ1) is 12.9. The molecule has 1 aromatic carbocycles. The first-order chi connectivity index (χ1) is 9.63. The molecule has 0 saturated heterocycles. The van der Waals surface area contributed by atoms with Gasteiger partial charge in [-0.1, -0.05) is 11.3 Å². The summed E-state index contributed by atoms with van der Waals surface area (Å²) in [6.07, 6.45) is 3.92. The zero-order chi connectivity index (χ0) is 14.1. The number of benzene rings is 1. The van der Waals surface area contributed by atoms with Gasteiger partial charge in [0.05, 0.1) is 10.2 Å². The third kappa shape index (κ3) is 2.44. The molecule has 0 aliphatic carbocycles. The van der Waals surface area contributed by atoms with E-state index >= 15 is 0 Å². The van der Waals surface area contributed by atoms with E-state index in [9.17, 15) is 4.79 Å². The normalized spacial score (nSPS) is 11.2. The molecule has 20 heavy (non-hydrogen) atoms. The largest absolute Gasteiger partial charge is 0.350 e. The van der Waals surface area contributed by atoms with E-state index in [1.807, 2.05) is 61.1 Å². The molecule has 0 spiro atoms. The maximum atomic E-state index is 12.0. The second kappa shape index (κ2) is 5.09. The molecular weight excluding hydrogens is 270 g/mol. The molecule has 0 fully saturated rings. The molecule has 102 valence electrons. The predicted molar refractivity (Wildman–Crippen MR) is 81.5 cm³/mol. The summed E-state index contributed by atoms with van der Waals surface area (Å²) in [7, 11) is 0. The Morgan fingerprint density at radius 2 is 2.05 bits per heavy atom. The molecular formula is C15H15N3OS. The van der Waals surface area contributed by atoms with E-state index in [-0.39, 0.29) is 11.9 Å². The van der Waals surface area contributed by atoms with Crippen molar-refractivity contribution in [3.05, 3.63) is 48.3 Å². The van der Waals surface area contributed by atoms with Gasteiger partial charge in [-0.3, -0.25) is 4.79 Å². The summed E-state index contributed by atoms with van der Waals surface area (Å²) in [6, 6.07) is 9.68. The van der Waals surface area contributed by atoms with Gasteiger partial charge in [-0.25, -0.2) is 4.98 Å². The van der Waals surface area contributed by atoms with Gasteiger partial charge in [0.1, 0.15) is 0 Å². The molecule has 3 aromatic rings. The number of carbonyl (C=O) groups is 1. The molecule has 0 aliphatic heterocycles. The number of aromatic nitrogens is 2. The Kier molecular flexibility index (Phi) is 3.28. The van der Waals surface area contributed by atoms with Crippen LogP contribution in [0.1, 0.15) is 24.2 Å². The monoisotopic (exact) mass is 285 g/mol. The second-order valence-corrected chi connectivity index (χ2v) is 5.91. The van der Waals surface area contributed by atoms with Gasteiger partial charge >= 0.3 is 0 Å². The van der Waals surface area contributed by atoms with Crippen molar-refractivity contribution in [1.82, 2.24) is 14.9 Å². The van der Waals surface area contributed by atoms with Gasteiger partial charge in [0.15, 0.2) is 5.13 Å². The highest BCUT2D eigenvalue weighted by Gasteiger charge is 2.10. The lowest BCUT2D eigenvalue weighted by Crippen LogP contribution is -2.29. The molecule has 0 unspecified atom stereocenters. The SMILES string of the molecule is CC(C)NC(=O)c1ccc2nc(-n3cccc3)sc2c1. The number of carbonyl (C=O) groups excluding carboxylic acids is 1. The summed E-state index contributed by atoms with van der Waals surface area (Å²) in [5, 5.41) is 3.81. The third-order valence-corrected chi connectivity index (χ3v) is 3.92. The lowest BCUT2D eigenvalue weighted by molar-refractivity contribution is 0.0943. The zero-order valence-electron chi connectivity index (χ0n) is 11.3. The van der Waals surface area contributed by atoms with Crippen molar-refractivity contribution in [2.24, 2.45) is 0 Å². The van der Waals surface area contributed by atoms with E-state index in [0.29, 0.717) is 5.56 Å². The summed E-state index contributed by atoms with van der Waals surface area (Å²) >= 11 is 1.58. The predicted octanol–water partition coefficient (Wildman–Crippen LogP) is 3.23. The van der Waals surface area contributed by atoms with Crippen LogP contribution in [0.15, 0.2) is 42.7 Å². The maximum Gasteiger partial charge on any atom is 0.251 e. The smallest absolute Gasteiger partial charge is 0.251 e. The van der Waals surface area contributed by atoms with Crippen LogP contribution < -0.4 is 5.32 Å². The van der Waals surface area contributed by atoms with Crippen LogP contribution in [-0.2, 0) is 0 Å². The minimum Gasteiger partial charge on any atom is -0.350 e. The molecule has 0 saturated carbocycles. The maximum absolute atomic E-state index is 12.0. The number of rotatable bonds is 3. The quantitative estimate of drug-likeness (QED) is 0.803. The van der Waals surface area contributed by atoms with Crippen molar-refractivity contribution in [3.63, 3.8) is 0 Å². The minimum absolute atomic E-state index is 0.0437. The van der Waals surface area contributed by atoms with E-state index in [1.54, 1.807) is 11.3 Å². The fraction of sp³-hybridized carbons (Fsp3) is 0.200. The van der Waals surface area contributed by atoms with Crippen molar-refractivity contribution in [2.45, 2.75) is 19.9 Å². The van der Waals surface area contributed by atoms with Crippen LogP contribution >= 0.6 is 11.3 Å². The fourth-order valence-electron chi connectivity index (χ4n) is 1.97. The van der Waals surface area contributed by atoms with Gasteiger partial charge in [-0.2, -0.15) is 0 Å². The molecule has 1 amide bonds. The number of hydrogen-bond donors (Lipinski definition) is 1. The first-order valence-electron chi connectivity index (χ1n) is 6.48. The van der Waals surface area contributed by atoms with Gasteiger partial charge < -0.3 is 9.88 Å². The van der Waals surface area contributed by atoms with E-state index in [2.05, 4.69) is 10.3 Å². The third-order valence-electron chi connectivity index (χ3n) is 2.88. The van der Waals surface area contributed by atoms with Crippen molar-refractivity contribution in [3.8, 4) is 5.13 Å². The molecule has 4 nitrogen and oxygen atoms in total. The van der Waals surface area contributed by atoms with Crippen molar-refractivity contribution >= 4 is 27.5 Å². The Bertz CT molecular complexity index is 744. The van der Waals surface area contributed by atoms with Crippen LogP contribution in [0.4, 0.5) is 0 Å². The van der Waals surface area contributed by atoms with Crippen molar-refractivity contribution in [2.75, 3.05) is 0 Å². The van der Waals surface area contributed by atoms with Crippen LogP contribution in [0.2, 0.25) is 0 Å². The number of nitrogens with zero attached hydrogens (tertiary/aromatic N) is 2. The number of hydrogen-bond acceptors (Lipinski definition) is 3. The minimum atomic E-state index is -0.0437. The van der Waals surface area contributed by atoms with Gasteiger partial charge in [0.2, 0.25) is 0 Å². The van der Waals surface area contributed by atoms with Gasteiger partial charge in [0.25, 0.3) is 5.91 Å². The summed E-state index contributed by atoms with van der Waals surface area (Å²) in [6.45, 7) is 3.90. The number of thiazole rings is 1. The average molecular weight is 285 g/mol. The number of fused-ring (bicyclic) bond motifs is 1. The number of amides is 1. The molecule has 2 aromatic heterocycles. The first-order valence-corrected chi connectivity index (χ1v) is 7.30. The molecule has 0 atom stereocenters. The molecule has 0 aliphatic rings. The Morgan fingerprint density at radius 3 is 2.75 bits per heavy atom. The molecule has 0 radical (unpaired) electrons. The lowest BCUT2D eigenvalue weighted by Gasteiger charge is -2.07. The van der Waals surface area contributed by atoms with Crippen LogP contribution in [-0.4, -0.2) is 21.5 Å². The van der Waals surface area contributed by atoms with E-state index in [1.165, 1.54) is 0 Å². The van der Waals surface area contributed by atoms with Gasteiger partial charge in [-0.05, 0) is 44.2 Å². The fourth-order valence-corrected chi connectivity index (χ4v) is 2.94. The van der Waals surface area contributed by atoms with Crippen molar-refractivity contribution < 1.29 is 4.79 Å². The summed E-state index contributed by atoms with van der Waals surface area (Å²) < 4.78 is 2.99. The Balaban J connectivity index is 1.97. The van der Waals surface area contributed by atoms with E-state index in [0.717, 1.165) is 15.3 Å². The van der Waals surface area contributed by atoms with E-state index in [4.69, 9.17) is 0 Å². The summed E-state index contributed by atoms with van der Waals surface area (Å²) in [5.74, 6) is -0.0437.